The van der Waals surface area contributed by atoms with Gasteiger partial charge in [0.05, 0.1) is 13.7 Å². The van der Waals surface area contributed by atoms with Crippen molar-refractivity contribution >= 4 is 6.16 Å². The topological polar surface area (TPSA) is 35.5 Å². The van der Waals surface area contributed by atoms with Crippen molar-refractivity contribution in [2.45, 2.75) is 6.42 Å². The first-order valence-electron chi connectivity index (χ1n) is 2.63. The highest BCUT2D eigenvalue weighted by Gasteiger charge is 1.95. The van der Waals surface area contributed by atoms with Crippen molar-refractivity contribution in [2.24, 2.45) is 0 Å². The summed E-state index contributed by atoms with van der Waals surface area (Å²) >= 11 is 0. The molecule has 3 nitrogen and oxygen atoms in total. The molecule has 3 heteroatoms. The number of carbonyl (C=O) groups excluding carboxylic acids is 1. The monoisotopic (exact) mass is 130 g/mol. The molecule has 0 heterocycles. The van der Waals surface area contributed by atoms with Crippen molar-refractivity contribution < 1.29 is 14.3 Å². The van der Waals surface area contributed by atoms with E-state index in [0.29, 0.717) is 13.0 Å². The zero-order valence-electron chi connectivity index (χ0n) is 5.42. The van der Waals surface area contributed by atoms with Crippen molar-refractivity contribution in [3.63, 3.8) is 0 Å². The van der Waals surface area contributed by atoms with Gasteiger partial charge in [-0.15, -0.1) is 6.58 Å². The molecule has 0 bridgehead atoms. The van der Waals surface area contributed by atoms with Gasteiger partial charge in [-0.3, -0.25) is 0 Å². The molecular weight excluding hydrogens is 120 g/mol. The van der Waals surface area contributed by atoms with Crippen LogP contribution in [-0.4, -0.2) is 19.9 Å². The van der Waals surface area contributed by atoms with Crippen molar-refractivity contribution in [2.75, 3.05) is 13.7 Å². The molecule has 0 N–H and O–H groups in total. The Bertz CT molecular complexity index is 98.5. The number of hydrogen-bond donors (Lipinski definition) is 0. The highest BCUT2D eigenvalue weighted by molar-refractivity contribution is 5.59. The lowest BCUT2D eigenvalue weighted by Gasteiger charge is -1.98. The SMILES string of the molecule is C=CCCOC(=O)OC. The minimum atomic E-state index is -0.642. The van der Waals surface area contributed by atoms with E-state index in [1.807, 2.05) is 0 Å². The molecule has 0 saturated heterocycles. The fraction of sp³-hybridized carbons (Fsp3) is 0.500. The van der Waals surface area contributed by atoms with Crippen molar-refractivity contribution in [3.05, 3.63) is 12.7 Å². The number of rotatable bonds is 3. The quantitative estimate of drug-likeness (QED) is 0.328. The molecule has 0 aliphatic heterocycles. The number of methoxy groups -OCH3 is 1. The van der Waals surface area contributed by atoms with Crippen molar-refractivity contribution in [1.29, 1.82) is 0 Å². The minimum Gasteiger partial charge on any atom is -0.438 e. The van der Waals surface area contributed by atoms with Gasteiger partial charge in [0.1, 0.15) is 0 Å². The van der Waals surface area contributed by atoms with E-state index in [0.717, 1.165) is 0 Å². The molecule has 0 rings (SSSR count). The lowest BCUT2D eigenvalue weighted by Crippen LogP contribution is -2.04. The van der Waals surface area contributed by atoms with Gasteiger partial charge in [-0.25, -0.2) is 4.79 Å². The first kappa shape index (κ1) is 8.01. The Morgan fingerprint density at radius 2 is 2.44 bits per heavy atom. The minimum absolute atomic E-state index is 0.343. The van der Waals surface area contributed by atoms with Gasteiger partial charge in [0.2, 0.25) is 0 Å². The zero-order chi connectivity index (χ0) is 7.11. The van der Waals surface area contributed by atoms with Crippen LogP contribution in [0.5, 0.6) is 0 Å². The summed E-state index contributed by atoms with van der Waals surface area (Å²) < 4.78 is 8.70. The maximum Gasteiger partial charge on any atom is 0.507 e. The van der Waals surface area contributed by atoms with Crippen LogP contribution >= 0.6 is 0 Å². The Morgan fingerprint density at radius 3 is 2.89 bits per heavy atom. The Kier molecular flexibility index (Phi) is 4.59. The van der Waals surface area contributed by atoms with Crippen LogP contribution in [0.1, 0.15) is 6.42 Å². The van der Waals surface area contributed by atoms with E-state index in [-0.39, 0.29) is 0 Å². The lowest BCUT2D eigenvalue weighted by molar-refractivity contribution is 0.0742. The van der Waals surface area contributed by atoms with Crippen LogP contribution in [0.3, 0.4) is 0 Å². The van der Waals surface area contributed by atoms with E-state index < -0.39 is 6.16 Å². The fourth-order valence-corrected chi connectivity index (χ4v) is 0.285. The van der Waals surface area contributed by atoms with Crippen LogP contribution < -0.4 is 0 Å². The molecule has 0 atom stereocenters. The Morgan fingerprint density at radius 1 is 1.78 bits per heavy atom. The third kappa shape index (κ3) is 4.87. The molecule has 0 amide bonds. The fourth-order valence-electron chi connectivity index (χ4n) is 0.285. The van der Waals surface area contributed by atoms with Crippen LogP contribution in [0.2, 0.25) is 0 Å². The van der Waals surface area contributed by atoms with Gasteiger partial charge in [0, 0.05) is 0 Å². The average Bonchev–Trinajstić information content (AvgIpc) is 1.89. The normalized spacial score (nSPS) is 8.11. The molecule has 0 aromatic heterocycles. The predicted molar refractivity (Wildman–Crippen MR) is 33.2 cm³/mol. The van der Waals surface area contributed by atoms with E-state index in [4.69, 9.17) is 0 Å². The Labute approximate surface area is 54.3 Å². The van der Waals surface area contributed by atoms with E-state index in [2.05, 4.69) is 16.1 Å². The van der Waals surface area contributed by atoms with Gasteiger partial charge < -0.3 is 9.47 Å². The molecule has 0 fully saturated rings. The van der Waals surface area contributed by atoms with Gasteiger partial charge >= 0.3 is 6.16 Å². The standard InChI is InChI=1S/C6H10O3/c1-3-4-5-9-6(7)8-2/h3H,1,4-5H2,2H3. The molecule has 52 valence electrons. The lowest BCUT2D eigenvalue weighted by atomic mass is 10.5. The summed E-state index contributed by atoms with van der Waals surface area (Å²) in [5.41, 5.74) is 0. The van der Waals surface area contributed by atoms with E-state index in [1.54, 1.807) is 6.08 Å². The second-order valence-corrected chi connectivity index (χ2v) is 1.38. The van der Waals surface area contributed by atoms with E-state index >= 15 is 0 Å². The molecule has 0 spiro atoms. The molecule has 0 aliphatic carbocycles. The smallest absolute Gasteiger partial charge is 0.438 e. The third-order valence-electron chi connectivity index (χ3n) is 0.709. The second kappa shape index (κ2) is 5.15. The van der Waals surface area contributed by atoms with Crippen LogP contribution in [-0.2, 0) is 9.47 Å². The molecule has 0 aliphatic rings. The second-order valence-electron chi connectivity index (χ2n) is 1.38. The summed E-state index contributed by atoms with van der Waals surface area (Å²) in [7, 11) is 1.27. The van der Waals surface area contributed by atoms with Gasteiger partial charge in [-0.1, -0.05) is 6.08 Å². The number of hydrogen-bond acceptors (Lipinski definition) is 3. The maximum absolute atomic E-state index is 10.2. The summed E-state index contributed by atoms with van der Waals surface area (Å²) in [6.45, 7) is 3.79. The van der Waals surface area contributed by atoms with E-state index in [1.165, 1.54) is 7.11 Å². The zero-order valence-corrected chi connectivity index (χ0v) is 5.42. The summed E-state index contributed by atoms with van der Waals surface area (Å²) in [6, 6.07) is 0. The van der Waals surface area contributed by atoms with Crippen LogP contribution in [0.4, 0.5) is 4.79 Å². The van der Waals surface area contributed by atoms with Crippen LogP contribution in [0, 0.1) is 0 Å². The number of carbonyl (C=O) groups is 1. The molecule has 0 radical (unpaired) electrons. The first-order chi connectivity index (χ1) is 4.31. The summed E-state index contributed by atoms with van der Waals surface area (Å²) in [5, 5.41) is 0. The van der Waals surface area contributed by atoms with Crippen molar-refractivity contribution in [1.82, 2.24) is 0 Å². The van der Waals surface area contributed by atoms with Gasteiger partial charge in [0.25, 0.3) is 0 Å². The average molecular weight is 130 g/mol. The molecule has 9 heavy (non-hydrogen) atoms. The number of ether oxygens (including phenoxy) is 2. The predicted octanol–water partition coefficient (Wildman–Crippen LogP) is 1.35. The highest BCUT2D eigenvalue weighted by atomic mass is 16.7. The molecule has 0 aromatic carbocycles. The van der Waals surface area contributed by atoms with E-state index in [9.17, 15) is 4.79 Å². The third-order valence-corrected chi connectivity index (χ3v) is 0.709. The summed E-state index contributed by atoms with van der Waals surface area (Å²) in [5.74, 6) is 0. The Hall–Kier alpha value is -0.990. The van der Waals surface area contributed by atoms with Gasteiger partial charge in [-0.2, -0.15) is 0 Å². The highest BCUT2D eigenvalue weighted by Crippen LogP contribution is 1.85. The van der Waals surface area contributed by atoms with Crippen LogP contribution in [0.25, 0.3) is 0 Å². The van der Waals surface area contributed by atoms with Crippen molar-refractivity contribution in [3.8, 4) is 0 Å². The molecule has 0 saturated carbocycles. The largest absolute Gasteiger partial charge is 0.507 e. The van der Waals surface area contributed by atoms with Gasteiger partial charge in [0.15, 0.2) is 0 Å². The first-order valence-corrected chi connectivity index (χ1v) is 2.63. The molecule has 0 unspecified atom stereocenters. The maximum atomic E-state index is 10.2. The van der Waals surface area contributed by atoms with Gasteiger partial charge in [-0.05, 0) is 6.42 Å². The summed E-state index contributed by atoms with van der Waals surface area (Å²) in [4.78, 5) is 10.2. The van der Waals surface area contributed by atoms with Crippen LogP contribution in [0.15, 0.2) is 12.7 Å². The summed E-state index contributed by atoms with van der Waals surface area (Å²) in [6.07, 6.45) is 1.69. The molecule has 0 aromatic rings. The Balaban J connectivity index is 3.06. The molecular formula is C6H10O3.